The van der Waals surface area contributed by atoms with Crippen LogP contribution in [0.3, 0.4) is 0 Å². The fourth-order valence-electron chi connectivity index (χ4n) is 1.92. The maximum atomic E-state index is 12.0. The van der Waals surface area contributed by atoms with Gasteiger partial charge in [0.25, 0.3) is 5.91 Å². The van der Waals surface area contributed by atoms with Gasteiger partial charge in [0.1, 0.15) is 0 Å². The third-order valence-electron chi connectivity index (χ3n) is 3.34. The second kappa shape index (κ2) is 7.94. The number of aryl methyl sites for hydroxylation is 1. The largest absolute Gasteiger partial charge is 0.452 e. The van der Waals surface area contributed by atoms with Crippen LogP contribution < -0.4 is 4.90 Å². The average Bonchev–Trinajstić information content (AvgIpc) is 2.59. The number of hydrogen-bond acceptors (Lipinski definition) is 3. The second-order valence-corrected chi connectivity index (χ2v) is 5.14. The monoisotopic (exact) mass is 309 g/mol. The number of esters is 1. The molecule has 0 saturated carbocycles. The maximum Gasteiger partial charge on any atom is 0.331 e. The Morgan fingerprint density at radius 2 is 1.70 bits per heavy atom. The molecular formula is C19H19NO3. The molecule has 1 amide bonds. The number of carbonyl (C=O) groups excluding carboxylic acids is 2. The van der Waals surface area contributed by atoms with E-state index in [4.69, 9.17) is 4.74 Å². The summed E-state index contributed by atoms with van der Waals surface area (Å²) < 4.78 is 4.97. The van der Waals surface area contributed by atoms with E-state index in [2.05, 4.69) is 0 Å². The summed E-state index contributed by atoms with van der Waals surface area (Å²) in [4.78, 5) is 25.1. The minimum atomic E-state index is -0.541. The van der Waals surface area contributed by atoms with E-state index < -0.39 is 5.97 Å². The van der Waals surface area contributed by atoms with Crippen molar-refractivity contribution in [3.05, 3.63) is 71.8 Å². The van der Waals surface area contributed by atoms with Crippen LogP contribution in [0.15, 0.2) is 60.7 Å². The summed E-state index contributed by atoms with van der Waals surface area (Å²) in [6.45, 7) is 1.71. The van der Waals surface area contributed by atoms with Crippen molar-refractivity contribution in [1.82, 2.24) is 0 Å². The number of benzene rings is 2. The lowest BCUT2D eigenvalue weighted by atomic mass is 10.1. The van der Waals surface area contributed by atoms with Crippen LogP contribution in [-0.4, -0.2) is 25.5 Å². The number of para-hydroxylation sites is 1. The van der Waals surface area contributed by atoms with Gasteiger partial charge in [-0.2, -0.15) is 0 Å². The molecule has 2 aromatic rings. The molecule has 0 heterocycles. The van der Waals surface area contributed by atoms with E-state index in [-0.39, 0.29) is 12.5 Å². The van der Waals surface area contributed by atoms with Crippen molar-refractivity contribution in [2.45, 2.75) is 6.92 Å². The van der Waals surface area contributed by atoms with Crippen molar-refractivity contribution in [2.24, 2.45) is 0 Å². The summed E-state index contributed by atoms with van der Waals surface area (Å²) in [6.07, 6.45) is 2.98. The van der Waals surface area contributed by atoms with Gasteiger partial charge in [-0.25, -0.2) is 4.79 Å². The van der Waals surface area contributed by atoms with E-state index >= 15 is 0 Å². The number of nitrogens with zero attached hydrogens (tertiary/aromatic N) is 1. The Bertz CT molecular complexity index is 690. The summed E-state index contributed by atoms with van der Waals surface area (Å²) in [5, 5.41) is 0. The maximum absolute atomic E-state index is 12.0. The zero-order valence-electron chi connectivity index (χ0n) is 13.2. The van der Waals surface area contributed by atoms with E-state index in [1.165, 1.54) is 11.0 Å². The molecule has 0 saturated heterocycles. The molecule has 0 aliphatic carbocycles. The topological polar surface area (TPSA) is 46.6 Å². The Morgan fingerprint density at radius 3 is 2.35 bits per heavy atom. The van der Waals surface area contributed by atoms with E-state index in [1.807, 2.05) is 61.5 Å². The molecule has 0 N–H and O–H groups in total. The van der Waals surface area contributed by atoms with Crippen LogP contribution in [0.25, 0.3) is 6.08 Å². The summed E-state index contributed by atoms with van der Waals surface area (Å²) in [5.74, 6) is -0.825. The van der Waals surface area contributed by atoms with Crippen LogP contribution in [0.1, 0.15) is 11.1 Å². The molecular weight excluding hydrogens is 290 g/mol. The number of carbonyl (C=O) groups is 2. The van der Waals surface area contributed by atoms with Gasteiger partial charge in [-0.3, -0.25) is 4.79 Å². The zero-order chi connectivity index (χ0) is 16.7. The Balaban J connectivity index is 1.84. The highest BCUT2D eigenvalue weighted by Crippen LogP contribution is 2.11. The van der Waals surface area contributed by atoms with Gasteiger partial charge in [-0.15, -0.1) is 0 Å². The number of hydrogen-bond donors (Lipinski definition) is 0. The SMILES string of the molecule is Cc1ccc(/C=C/C(=O)OCC(=O)N(C)c2ccccc2)cc1. The molecule has 118 valence electrons. The molecule has 0 bridgehead atoms. The molecule has 0 radical (unpaired) electrons. The predicted molar refractivity (Wildman–Crippen MR) is 91.0 cm³/mol. The van der Waals surface area contributed by atoms with E-state index in [9.17, 15) is 9.59 Å². The van der Waals surface area contributed by atoms with Gasteiger partial charge in [0.2, 0.25) is 0 Å². The number of likely N-dealkylation sites (N-methyl/N-ethyl adjacent to an activating group) is 1. The minimum absolute atomic E-state index is 0.284. The van der Waals surface area contributed by atoms with Crippen molar-refractivity contribution < 1.29 is 14.3 Å². The van der Waals surface area contributed by atoms with Crippen LogP contribution in [0.2, 0.25) is 0 Å². The first-order valence-electron chi connectivity index (χ1n) is 7.29. The summed E-state index contributed by atoms with van der Waals surface area (Å²) in [7, 11) is 1.65. The van der Waals surface area contributed by atoms with Gasteiger partial charge in [0.15, 0.2) is 6.61 Å². The number of ether oxygens (including phenoxy) is 1. The standard InChI is InChI=1S/C19H19NO3/c1-15-8-10-16(11-9-15)12-13-19(22)23-14-18(21)20(2)17-6-4-3-5-7-17/h3-13H,14H2,1-2H3/b13-12+. The number of amides is 1. The molecule has 0 spiro atoms. The first kappa shape index (κ1) is 16.5. The van der Waals surface area contributed by atoms with E-state index in [1.54, 1.807) is 13.1 Å². The minimum Gasteiger partial charge on any atom is -0.452 e. The number of rotatable bonds is 5. The summed E-state index contributed by atoms with van der Waals surface area (Å²) in [5.41, 5.74) is 2.81. The normalized spacial score (nSPS) is 10.5. The quantitative estimate of drug-likeness (QED) is 0.629. The fourth-order valence-corrected chi connectivity index (χ4v) is 1.92. The molecule has 4 nitrogen and oxygen atoms in total. The Morgan fingerprint density at radius 1 is 1.04 bits per heavy atom. The molecule has 0 aliphatic heterocycles. The first-order valence-corrected chi connectivity index (χ1v) is 7.29. The second-order valence-electron chi connectivity index (χ2n) is 5.14. The Labute approximate surface area is 136 Å². The first-order chi connectivity index (χ1) is 11.1. The molecule has 0 fully saturated rings. The third-order valence-corrected chi connectivity index (χ3v) is 3.34. The molecule has 0 unspecified atom stereocenters. The molecule has 23 heavy (non-hydrogen) atoms. The lowest BCUT2D eigenvalue weighted by molar-refractivity contribution is -0.142. The molecule has 2 aromatic carbocycles. The average molecular weight is 309 g/mol. The molecule has 0 aliphatic rings. The smallest absolute Gasteiger partial charge is 0.331 e. The van der Waals surface area contributed by atoms with Crippen molar-refractivity contribution in [3.63, 3.8) is 0 Å². The highest BCUT2D eigenvalue weighted by atomic mass is 16.5. The van der Waals surface area contributed by atoms with Crippen LogP contribution in [-0.2, 0) is 14.3 Å². The Hall–Kier alpha value is -2.88. The van der Waals surface area contributed by atoms with Crippen molar-refractivity contribution in [3.8, 4) is 0 Å². The molecule has 2 rings (SSSR count). The van der Waals surface area contributed by atoms with Gasteiger partial charge in [0.05, 0.1) is 0 Å². The van der Waals surface area contributed by atoms with Gasteiger partial charge < -0.3 is 9.64 Å². The van der Waals surface area contributed by atoms with Gasteiger partial charge >= 0.3 is 5.97 Å². The fraction of sp³-hybridized carbons (Fsp3) is 0.158. The predicted octanol–water partition coefficient (Wildman–Crippen LogP) is 3.21. The Kier molecular flexibility index (Phi) is 5.69. The lowest BCUT2D eigenvalue weighted by Gasteiger charge is -2.16. The lowest BCUT2D eigenvalue weighted by Crippen LogP contribution is -2.30. The number of anilines is 1. The highest BCUT2D eigenvalue weighted by Gasteiger charge is 2.12. The van der Waals surface area contributed by atoms with E-state index in [0.29, 0.717) is 0 Å². The van der Waals surface area contributed by atoms with Crippen LogP contribution in [0.5, 0.6) is 0 Å². The van der Waals surface area contributed by atoms with Gasteiger partial charge in [-0.1, -0.05) is 48.0 Å². The summed E-state index contributed by atoms with van der Waals surface area (Å²) in [6, 6.07) is 16.9. The summed E-state index contributed by atoms with van der Waals surface area (Å²) >= 11 is 0. The van der Waals surface area contributed by atoms with E-state index in [0.717, 1.165) is 16.8 Å². The van der Waals surface area contributed by atoms with Crippen LogP contribution >= 0.6 is 0 Å². The van der Waals surface area contributed by atoms with Crippen molar-refractivity contribution in [2.75, 3.05) is 18.6 Å². The van der Waals surface area contributed by atoms with Crippen molar-refractivity contribution >= 4 is 23.6 Å². The third kappa shape index (κ3) is 5.11. The molecule has 0 aromatic heterocycles. The van der Waals surface area contributed by atoms with Crippen molar-refractivity contribution in [1.29, 1.82) is 0 Å². The van der Waals surface area contributed by atoms with Crippen LogP contribution in [0.4, 0.5) is 5.69 Å². The van der Waals surface area contributed by atoms with Gasteiger partial charge in [-0.05, 0) is 30.7 Å². The zero-order valence-corrected chi connectivity index (χ0v) is 13.2. The van der Waals surface area contributed by atoms with Gasteiger partial charge in [0, 0.05) is 18.8 Å². The molecule has 0 atom stereocenters. The molecule has 4 heteroatoms. The van der Waals surface area contributed by atoms with Crippen LogP contribution in [0, 0.1) is 6.92 Å². The highest BCUT2D eigenvalue weighted by molar-refractivity contribution is 5.96.